The lowest BCUT2D eigenvalue weighted by molar-refractivity contribution is 1.48. The highest BCUT2D eigenvalue weighted by molar-refractivity contribution is 14.0. The van der Waals surface area contributed by atoms with Crippen LogP contribution in [0.15, 0.2) is 0 Å². The lowest BCUT2D eigenvalue weighted by Crippen LogP contribution is -1.69. The normalized spacial score (nSPS) is 2.57. The van der Waals surface area contributed by atoms with Gasteiger partial charge in [0.1, 0.15) is 0 Å². The van der Waals surface area contributed by atoms with Crippen LogP contribution in [0.5, 0.6) is 0 Å². The third-order valence-corrected chi connectivity index (χ3v) is 0. The van der Waals surface area contributed by atoms with Gasteiger partial charge in [-0.05, 0) is 7.05 Å². The van der Waals surface area contributed by atoms with Gasteiger partial charge >= 0.3 is 0 Å². The van der Waals surface area contributed by atoms with Crippen LogP contribution >= 0.6 is 24.0 Å². The molecule has 0 radical (unpaired) electrons. The van der Waals surface area contributed by atoms with E-state index in [4.69, 9.17) is 0 Å². The van der Waals surface area contributed by atoms with Crippen molar-refractivity contribution >= 4 is 24.0 Å². The van der Waals surface area contributed by atoms with Gasteiger partial charge in [0.15, 0.2) is 0 Å². The molecule has 50 valence electrons. The van der Waals surface area contributed by atoms with Crippen LogP contribution in [0.2, 0.25) is 0 Å². The molecule has 0 bridgehead atoms. The molecule has 2 heteroatoms. The predicted octanol–water partition coefficient (Wildman–Crippen LogP) is 2.25. The Labute approximate surface area is 64.7 Å². The maximum Gasteiger partial charge on any atom is -0.0195 e. The Morgan fingerprint density at radius 1 is 0.714 bits per heavy atom. The Kier molecular flexibility index (Phi) is 1640. The van der Waals surface area contributed by atoms with Crippen molar-refractivity contribution in [3.63, 3.8) is 0 Å². The van der Waals surface area contributed by atoms with E-state index >= 15 is 0 Å². The fraction of sp³-hybridized carbons (Fsp3) is 1.00. The zero-order chi connectivity index (χ0) is 6.00. The largest absolute Gasteiger partial charge is 0.333 e. The SMILES string of the molecule is CC.CC.CN.I. The highest BCUT2D eigenvalue weighted by atomic mass is 127. The molecule has 0 amide bonds. The highest BCUT2D eigenvalue weighted by Gasteiger charge is 0.934. The van der Waals surface area contributed by atoms with Gasteiger partial charge in [-0.3, -0.25) is 0 Å². The molecule has 0 rings (SSSR count). The Morgan fingerprint density at radius 2 is 0.714 bits per heavy atom. The molecule has 0 aliphatic carbocycles. The van der Waals surface area contributed by atoms with Crippen molar-refractivity contribution in [2.24, 2.45) is 5.73 Å². The summed E-state index contributed by atoms with van der Waals surface area (Å²) in [7, 11) is 1.50. The molecule has 7 heavy (non-hydrogen) atoms. The predicted molar refractivity (Wildman–Crippen MR) is 48.2 cm³/mol. The van der Waals surface area contributed by atoms with Crippen molar-refractivity contribution in [3.05, 3.63) is 0 Å². The minimum absolute atomic E-state index is 0. The van der Waals surface area contributed by atoms with E-state index in [0.29, 0.717) is 0 Å². The van der Waals surface area contributed by atoms with Crippen LogP contribution in [0.25, 0.3) is 0 Å². The molecule has 0 heterocycles. The summed E-state index contributed by atoms with van der Waals surface area (Å²) in [5, 5.41) is 0. The first kappa shape index (κ1) is 25.3. The van der Waals surface area contributed by atoms with Gasteiger partial charge in [0.25, 0.3) is 0 Å². The van der Waals surface area contributed by atoms with Gasteiger partial charge in [0.05, 0.1) is 0 Å². The maximum absolute atomic E-state index is 4.50. The van der Waals surface area contributed by atoms with E-state index in [9.17, 15) is 0 Å². The summed E-state index contributed by atoms with van der Waals surface area (Å²) in [5.41, 5.74) is 4.50. The molecule has 0 spiro atoms. The number of nitrogens with two attached hydrogens (primary N) is 1. The van der Waals surface area contributed by atoms with E-state index < -0.39 is 0 Å². The summed E-state index contributed by atoms with van der Waals surface area (Å²) in [6, 6.07) is 0. The average molecular weight is 219 g/mol. The van der Waals surface area contributed by atoms with Gasteiger partial charge in [-0.15, -0.1) is 24.0 Å². The highest BCUT2D eigenvalue weighted by Crippen LogP contribution is 1.15. The Morgan fingerprint density at radius 3 is 0.714 bits per heavy atom. The van der Waals surface area contributed by atoms with E-state index in [1.165, 1.54) is 7.05 Å². The van der Waals surface area contributed by atoms with E-state index in [0.717, 1.165) is 0 Å². The minimum Gasteiger partial charge on any atom is -0.333 e. The lowest BCUT2D eigenvalue weighted by atomic mass is 11.0. The van der Waals surface area contributed by atoms with Crippen molar-refractivity contribution in [3.8, 4) is 0 Å². The van der Waals surface area contributed by atoms with Crippen LogP contribution < -0.4 is 5.73 Å². The molecule has 0 aliphatic heterocycles. The Balaban J connectivity index is -0.00000000900. The molecule has 0 unspecified atom stereocenters. The molecule has 0 atom stereocenters. The molecule has 2 N–H and O–H groups in total. The van der Waals surface area contributed by atoms with Crippen LogP contribution in [-0.4, -0.2) is 7.05 Å². The lowest BCUT2D eigenvalue weighted by Gasteiger charge is -1.19. The zero-order valence-electron chi connectivity index (χ0n) is 5.99. The number of halogens is 1. The molecule has 1 nitrogen and oxygen atoms in total. The minimum atomic E-state index is 0. The van der Waals surface area contributed by atoms with Crippen LogP contribution in [0.3, 0.4) is 0 Å². The smallest absolute Gasteiger partial charge is 0.0195 e. The molecule has 0 aromatic carbocycles. The van der Waals surface area contributed by atoms with Crippen LogP contribution in [0.4, 0.5) is 0 Å². The summed E-state index contributed by atoms with van der Waals surface area (Å²) < 4.78 is 0. The first-order valence-electron chi connectivity index (χ1n) is 2.58. The van der Waals surface area contributed by atoms with Crippen LogP contribution in [0.1, 0.15) is 27.7 Å². The number of rotatable bonds is 0. The zero-order valence-corrected chi connectivity index (χ0v) is 8.32. The van der Waals surface area contributed by atoms with Gasteiger partial charge in [0.2, 0.25) is 0 Å². The van der Waals surface area contributed by atoms with Gasteiger partial charge in [0, 0.05) is 0 Å². The summed E-state index contributed by atoms with van der Waals surface area (Å²) >= 11 is 0. The fourth-order valence-electron chi connectivity index (χ4n) is 0. The Bertz CT molecular complexity index is 8.04. The third kappa shape index (κ3) is 309. The van der Waals surface area contributed by atoms with Crippen molar-refractivity contribution in [2.45, 2.75) is 27.7 Å². The summed E-state index contributed by atoms with van der Waals surface area (Å²) in [6.07, 6.45) is 0. The number of hydrogen-bond donors (Lipinski definition) is 1. The van der Waals surface area contributed by atoms with Gasteiger partial charge in [-0.2, -0.15) is 0 Å². The van der Waals surface area contributed by atoms with Crippen molar-refractivity contribution in [1.82, 2.24) is 0 Å². The first-order valence-corrected chi connectivity index (χ1v) is 2.58. The summed E-state index contributed by atoms with van der Waals surface area (Å²) in [5.74, 6) is 0. The molecule has 0 saturated heterocycles. The van der Waals surface area contributed by atoms with Gasteiger partial charge < -0.3 is 5.73 Å². The van der Waals surface area contributed by atoms with E-state index in [2.05, 4.69) is 5.73 Å². The van der Waals surface area contributed by atoms with E-state index in [-0.39, 0.29) is 24.0 Å². The first-order chi connectivity index (χ1) is 3.00. The van der Waals surface area contributed by atoms with Gasteiger partial charge in [-0.1, -0.05) is 27.7 Å². The van der Waals surface area contributed by atoms with Crippen molar-refractivity contribution in [2.75, 3.05) is 7.05 Å². The Hall–Kier alpha value is 0.690. The molecule has 0 fully saturated rings. The number of hydrogen-bond acceptors (Lipinski definition) is 1. The summed E-state index contributed by atoms with van der Waals surface area (Å²) in [6.45, 7) is 8.00. The van der Waals surface area contributed by atoms with Crippen molar-refractivity contribution < 1.29 is 0 Å². The second kappa shape index (κ2) is 455. The quantitative estimate of drug-likeness (QED) is 0.621. The summed E-state index contributed by atoms with van der Waals surface area (Å²) in [4.78, 5) is 0. The second-order valence-electron chi connectivity index (χ2n) is 0. The van der Waals surface area contributed by atoms with E-state index in [1.807, 2.05) is 27.7 Å². The molecule has 0 aliphatic rings. The average Bonchev–Trinajstić information content (AvgIpc) is 1.81. The van der Waals surface area contributed by atoms with Crippen LogP contribution in [0, 0.1) is 0 Å². The molecule has 0 aromatic rings. The maximum atomic E-state index is 4.50. The standard InChI is InChI=1S/2C2H6.CH5N.HI/c3*1-2;/h2*1-2H3;2H2,1H3;1H. The van der Waals surface area contributed by atoms with E-state index in [1.54, 1.807) is 0 Å². The molecule has 0 aromatic heterocycles. The molecular weight excluding hydrogens is 201 g/mol. The van der Waals surface area contributed by atoms with Gasteiger partial charge in [-0.25, -0.2) is 0 Å². The fourth-order valence-corrected chi connectivity index (χ4v) is 0. The second-order valence-corrected chi connectivity index (χ2v) is 0. The topological polar surface area (TPSA) is 26.0 Å². The molecular formula is C5H18IN. The van der Waals surface area contributed by atoms with Crippen LogP contribution in [-0.2, 0) is 0 Å². The van der Waals surface area contributed by atoms with Crippen molar-refractivity contribution in [1.29, 1.82) is 0 Å². The monoisotopic (exact) mass is 219 g/mol. The molecule has 0 saturated carbocycles. The third-order valence-electron chi connectivity index (χ3n) is 0.